The van der Waals surface area contributed by atoms with Gasteiger partial charge in [0, 0.05) is 19.0 Å². The first kappa shape index (κ1) is 15.5. The molecule has 0 radical (unpaired) electrons. The molecular weight excluding hydrogens is 381 g/mol. The van der Waals surface area contributed by atoms with Gasteiger partial charge in [0.1, 0.15) is 0 Å². The summed E-state index contributed by atoms with van der Waals surface area (Å²) < 4.78 is 1.16. The molecule has 0 fully saturated rings. The number of nitrogens with zero attached hydrogens (tertiary/aromatic N) is 1. The average molecular weight is 399 g/mol. The molecule has 1 aromatic carbocycles. The number of carbonyl (C=O) groups is 1. The molecule has 1 aromatic heterocycles. The predicted octanol–water partition coefficient (Wildman–Crippen LogP) is 4.45. The Bertz CT molecular complexity index is 553. The average Bonchev–Trinajstić information content (AvgIpc) is 2.90. The van der Waals surface area contributed by atoms with E-state index in [1.54, 1.807) is 11.3 Å². The Hall–Kier alpha value is -0.880. The van der Waals surface area contributed by atoms with E-state index in [9.17, 15) is 4.79 Å². The number of halogens is 1. The second kappa shape index (κ2) is 7.78. The molecule has 0 saturated heterocycles. The zero-order valence-corrected chi connectivity index (χ0v) is 14.5. The summed E-state index contributed by atoms with van der Waals surface area (Å²) in [6, 6.07) is 12.4. The van der Waals surface area contributed by atoms with Crippen molar-refractivity contribution in [2.24, 2.45) is 0 Å². The molecule has 0 aliphatic carbocycles. The summed E-state index contributed by atoms with van der Waals surface area (Å²) in [6.45, 7) is 0.818. The maximum absolute atomic E-state index is 12.2. The lowest BCUT2D eigenvalue weighted by Gasteiger charge is -2.16. The number of hydrogen-bond acceptors (Lipinski definition) is 2. The van der Waals surface area contributed by atoms with Gasteiger partial charge in [0.25, 0.3) is 5.91 Å². The zero-order valence-electron chi connectivity index (χ0n) is 11.5. The van der Waals surface area contributed by atoms with Crippen LogP contribution in [0.5, 0.6) is 0 Å². The van der Waals surface area contributed by atoms with Crippen LogP contribution in [0.1, 0.15) is 28.8 Å². The van der Waals surface area contributed by atoms with Gasteiger partial charge in [0.15, 0.2) is 0 Å². The second-order valence-electron chi connectivity index (χ2n) is 4.81. The van der Waals surface area contributed by atoms with Crippen molar-refractivity contribution in [1.29, 1.82) is 0 Å². The number of aryl methyl sites for hydroxylation is 1. The van der Waals surface area contributed by atoms with Crippen molar-refractivity contribution in [3.63, 3.8) is 0 Å². The third kappa shape index (κ3) is 4.59. The summed E-state index contributed by atoms with van der Waals surface area (Å²) in [5.41, 5.74) is 2.18. The Kier molecular flexibility index (Phi) is 6.04. The first-order chi connectivity index (χ1) is 9.66. The van der Waals surface area contributed by atoms with E-state index in [1.807, 2.05) is 29.5 Å². The van der Waals surface area contributed by atoms with Crippen LogP contribution in [-0.2, 0) is 6.42 Å². The highest BCUT2D eigenvalue weighted by Crippen LogP contribution is 2.18. The Morgan fingerprint density at radius 3 is 2.65 bits per heavy atom. The molecule has 1 amide bonds. The summed E-state index contributed by atoms with van der Waals surface area (Å²) in [4.78, 5) is 14.0. The Balaban J connectivity index is 1.72. The molecule has 2 nitrogen and oxygen atoms in total. The molecule has 106 valence electrons. The molecular formula is C16H18INOS. The van der Waals surface area contributed by atoms with E-state index >= 15 is 0 Å². The molecule has 1 heterocycles. The lowest BCUT2D eigenvalue weighted by Crippen LogP contribution is -2.27. The van der Waals surface area contributed by atoms with Gasteiger partial charge in [-0.05, 0) is 53.5 Å². The summed E-state index contributed by atoms with van der Waals surface area (Å²) in [7, 11) is 1.88. The van der Waals surface area contributed by atoms with Gasteiger partial charge in [0.05, 0.1) is 8.45 Å². The predicted molar refractivity (Wildman–Crippen MR) is 93.4 cm³/mol. The highest BCUT2D eigenvalue weighted by Gasteiger charge is 2.12. The molecule has 0 aliphatic heterocycles. The highest BCUT2D eigenvalue weighted by atomic mass is 127. The van der Waals surface area contributed by atoms with E-state index in [2.05, 4.69) is 46.9 Å². The smallest absolute Gasteiger partial charge is 0.254 e. The molecule has 0 aliphatic rings. The lowest BCUT2D eigenvalue weighted by molar-refractivity contribution is 0.0793. The van der Waals surface area contributed by atoms with Gasteiger partial charge in [-0.15, -0.1) is 11.3 Å². The fourth-order valence-electron chi connectivity index (χ4n) is 2.07. The minimum absolute atomic E-state index is 0.129. The van der Waals surface area contributed by atoms with Gasteiger partial charge in [-0.3, -0.25) is 4.79 Å². The van der Waals surface area contributed by atoms with Crippen LogP contribution in [0.25, 0.3) is 0 Å². The molecule has 20 heavy (non-hydrogen) atoms. The van der Waals surface area contributed by atoms with Crippen LogP contribution >= 0.6 is 33.9 Å². The van der Waals surface area contributed by atoms with E-state index in [0.29, 0.717) is 0 Å². The molecule has 0 unspecified atom stereocenters. The standard InChI is InChI=1S/C16H18INOS/c1-18(16(19)14-11-15(17)20-12-14)10-6-5-9-13-7-3-2-4-8-13/h2-4,7-8,11-12H,5-6,9-10H2,1H3. The highest BCUT2D eigenvalue weighted by molar-refractivity contribution is 14.1. The maximum atomic E-state index is 12.2. The van der Waals surface area contributed by atoms with Crippen molar-refractivity contribution in [2.75, 3.05) is 13.6 Å². The van der Waals surface area contributed by atoms with Crippen LogP contribution in [0.3, 0.4) is 0 Å². The van der Waals surface area contributed by atoms with Crippen LogP contribution in [0.2, 0.25) is 0 Å². The fourth-order valence-corrected chi connectivity index (χ4v) is 3.39. The molecule has 0 saturated carbocycles. The van der Waals surface area contributed by atoms with E-state index < -0.39 is 0 Å². The topological polar surface area (TPSA) is 20.3 Å². The number of unbranched alkanes of at least 4 members (excludes halogenated alkanes) is 1. The van der Waals surface area contributed by atoms with Crippen LogP contribution < -0.4 is 0 Å². The van der Waals surface area contributed by atoms with Crippen LogP contribution in [0.15, 0.2) is 41.8 Å². The third-order valence-electron chi connectivity index (χ3n) is 3.21. The van der Waals surface area contributed by atoms with Crippen molar-refractivity contribution in [2.45, 2.75) is 19.3 Å². The van der Waals surface area contributed by atoms with Crippen LogP contribution in [0.4, 0.5) is 0 Å². The third-order valence-corrected chi connectivity index (χ3v) is 5.00. The minimum atomic E-state index is 0.129. The van der Waals surface area contributed by atoms with Gasteiger partial charge >= 0.3 is 0 Å². The van der Waals surface area contributed by atoms with Crippen molar-refractivity contribution in [3.05, 3.63) is 55.8 Å². The zero-order chi connectivity index (χ0) is 14.4. The van der Waals surface area contributed by atoms with Gasteiger partial charge < -0.3 is 4.90 Å². The van der Waals surface area contributed by atoms with Crippen molar-refractivity contribution in [3.8, 4) is 0 Å². The van der Waals surface area contributed by atoms with Gasteiger partial charge in [-0.2, -0.15) is 0 Å². The van der Waals surface area contributed by atoms with Gasteiger partial charge in [0.2, 0.25) is 0 Å². The van der Waals surface area contributed by atoms with E-state index in [0.717, 1.165) is 34.3 Å². The molecule has 2 rings (SSSR count). The van der Waals surface area contributed by atoms with Gasteiger partial charge in [-0.1, -0.05) is 30.3 Å². The number of rotatable bonds is 6. The van der Waals surface area contributed by atoms with Crippen LogP contribution in [-0.4, -0.2) is 24.4 Å². The summed E-state index contributed by atoms with van der Waals surface area (Å²) in [6.07, 6.45) is 3.24. The molecule has 2 aromatic rings. The fraction of sp³-hybridized carbons (Fsp3) is 0.312. The molecule has 0 N–H and O–H groups in total. The Morgan fingerprint density at radius 1 is 1.25 bits per heavy atom. The van der Waals surface area contributed by atoms with Gasteiger partial charge in [-0.25, -0.2) is 0 Å². The lowest BCUT2D eigenvalue weighted by atomic mass is 10.1. The number of thiophene rings is 1. The molecule has 0 atom stereocenters. The first-order valence-electron chi connectivity index (χ1n) is 6.70. The number of benzene rings is 1. The Morgan fingerprint density at radius 2 is 2.00 bits per heavy atom. The molecule has 0 bridgehead atoms. The maximum Gasteiger partial charge on any atom is 0.254 e. The molecule has 0 spiro atoms. The largest absolute Gasteiger partial charge is 0.342 e. The van der Waals surface area contributed by atoms with Crippen LogP contribution in [0, 0.1) is 2.88 Å². The quantitative estimate of drug-likeness (QED) is 0.519. The number of carbonyl (C=O) groups excluding carboxylic acids is 1. The SMILES string of the molecule is CN(CCCCc1ccccc1)C(=O)c1csc(I)c1. The van der Waals surface area contributed by atoms with E-state index in [4.69, 9.17) is 0 Å². The van der Waals surface area contributed by atoms with E-state index in [-0.39, 0.29) is 5.91 Å². The van der Waals surface area contributed by atoms with Crippen molar-refractivity contribution in [1.82, 2.24) is 4.90 Å². The number of amides is 1. The minimum Gasteiger partial charge on any atom is -0.342 e. The number of hydrogen-bond donors (Lipinski definition) is 0. The van der Waals surface area contributed by atoms with E-state index in [1.165, 1.54) is 5.56 Å². The first-order valence-corrected chi connectivity index (χ1v) is 8.66. The summed E-state index contributed by atoms with van der Waals surface area (Å²) in [5.74, 6) is 0.129. The normalized spacial score (nSPS) is 10.5. The Labute approximate surface area is 138 Å². The van der Waals surface area contributed by atoms with Crippen molar-refractivity contribution >= 4 is 39.8 Å². The molecule has 4 heteroatoms. The second-order valence-corrected chi connectivity index (χ2v) is 7.61. The van der Waals surface area contributed by atoms with Crippen molar-refractivity contribution < 1.29 is 4.79 Å². The monoisotopic (exact) mass is 399 g/mol. The summed E-state index contributed by atoms with van der Waals surface area (Å²) in [5, 5.41) is 1.94. The summed E-state index contributed by atoms with van der Waals surface area (Å²) >= 11 is 3.86.